The molecule has 3 heterocycles. The van der Waals surface area contributed by atoms with Gasteiger partial charge in [0.05, 0.1) is 12.6 Å². The molecule has 0 radical (unpaired) electrons. The zero-order valence-corrected chi connectivity index (χ0v) is 18.8. The van der Waals surface area contributed by atoms with Crippen molar-refractivity contribution in [3.05, 3.63) is 54.0 Å². The number of piperazine rings is 1. The highest BCUT2D eigenvalue weighted by molar-refractivity contribution is 5.79. The average molecular weight is 441 g/mol. The lowest BCUT2D eigenvalue weighted by Crippen LogP contribution is -2.46. The van der Waals surface area contributed by atoms with E-state index >= 15 is 0 Å². The molecule has 1 unspecified atom stereocenters. The topological polar surface area (TPSA) is 65.0 Å². The fraction of sp³-hybridized carbons (Fsp3) is 0.500. The first kappa shape index (κ1) is 22.3. The molecule has 2 aliphatic heterocycles. The quantitative estimate of drug-likeness (QED) is 0.510. The second kappa shape index (κ2) is 11.1. The van der Waals surface area contributed by atoms with Gasteiger partial charge in [0.15, 0.2) is 5.96 Å². The molecule has 2 fully saturated rings. The molecule has 4 rings (SSSR count). The van der Waals surface area contributed by atoms with Crippen molar-refractivity contribution >= 4 is 17.5 Å². The summed E-state index contributed by atoms with van der Waals surface area (Å²) in [4.78, 5) is 13.9. The average Bonchev–Trinajstić information content (AvgIpc) is 3.35. The summed E-state index contributed by atoms with van der Waals surface area (Å²) in [6, 6.07) is 10.9. The Bertz CT molecular complexity index is 876. The van der Waals surface area contributed by atoms with E-state index in [4.69, 9.17) is 9.73 Å². The van der Waals surface area contributed by atoms with Crippen LogP contribution in [-0.2, 0) is 11.3 Å². The van der Waals surface area contributed by atoms with Crippen LogP contribution < -0.4 is 20.4 Å². The molecule has 1 aromatic carbocycles. The van der Waals surface area contributed by atoms with E-state index in [1.807, 2.05) is 24.4 Å². The highest BCUT2D eigenvalue weighted by Gasteiger charge is 2.19. The molecule has 1 aromatic heterocycles. The van der Waals surface area contributed by atoms with Gasteiger partial charge in [0, 0.05) is 57.8 Å². The van der Waals surface area contributed by atoms with Gasteiger partial charge in [-0.15, -0.1) is 0 Å². The number of hydrogen-bond acceptors (Lipinski definition) is 5. The van der Waals surface area contributed by atoms with E-state index in [0.717, 1.165) is 81.7 Å². The van der Waals surface area contributed by atoms with Crippen molar-refractivity contribution in [2.75, 3.05) is 55.7 Å². The standard InChI is InChI=1S/C24H33FN6O/c1-2-26-24(29-18-22-4-3-15-32-22)28-17-19-9-10-27-23(16-19)31-13-11-30(12-14-31)21-7-5-20(25)6-8-21/h5-10,16,22H,2-4,11-15,17-18H2,1H3,(H2,26,28,29). The van der Waals surface area contributed by atoms with Crippen LogP contribution in [0.15, 0.2) is 47.6 Å². The van der Waals surface area contributed by atoms with Crippen molar-refractivity contribution < 1.29 is 9.13 Å². The number of nitrogens with zero attached hydrogens (tertiary/aromatic N) is 4. The van der Waals surface area contributed by atoms with E-state index < -0.39 is 0 Å². The third-order valence-electron chi connectivity index (χ3n) is 5.89. The number of ether oxygens (including phenoxy) is 1. The van der Waals surface area contributed by atoms with Crippen LogP contribution >= 0.6 is 0 Å². The molecule has 0 spiro atoms. The van der Waals surface area contributed by atoms with Crippen molar-refractivity contribution in [1.29, 1.82) is 0 Å². The smallest absolute Gasteiger partial charge is 0.191 e. The second-order valence-corrected chi connectivity index (χ2v) is 8.18. The monoisotopic (exact) mass is 440 g/mol. The number of aromatic nitrogens is 1. The van der Waals surface area contributed by atoms with Crippen LogP contribution in [0, 0.1) is 5.82 Å². The van der Waals surface area contributed by atoms with E-state index in [2.05, 4.69) is 38.4 Å². The summed E-state index contributed by atoms with van der Waals surface area (Å²) >= 11 is 0. The SMILES string of the molecule is CCNC(=NCc1ccnc(N2CCN(c3ccc(F)cc3)CC2)c1)NCC1CCCO1. The van der Waals surface area contributed by atoms with Crippen LogP contribution in [0.1, 0.15) is 25.3 Å². The Morgan fingerprint density at radius 1 is 1.12 bits per heavy atom. The largest absolute Gasteiger partial charge is 0.376 e. The third-order valence-corrected chi connectivity index (χ3v) is 5.89. The lowest BCUT2D eigenvalue weighted by Gasteiger charge is -2.36. The predicted molar refractivity (Wildman–Crippen MR) is 127 cm³/mol. The van der Waals surface area contributed by atoms with E-state index in [9.17, 15) is 4.39 Å². The van der Waals surface area contributed by atoms with Crippen molar-refractivity contribution in [2.45, 2.75) is 32.4 Å². The Balaban J connectivity index is 1.32. The first-order valence-corrected chi connectivity index (χ1v) is 11.6. The summed E-state index contributed by atoms with van der Waals surface area (Å²) in [6.45, 7) is 8.64. The minimum Gasteiger partial charge on any atom is -0.376 e. The summed E-state index contributed by atoms with van der Waals surface area (Å²) in [6.07, 6.45) is 4.38. The first-order valence-electron chi connectivity index (χ1n) is 11.6. The van der Waals surface area contributed by atoms with Crippen molar-refractivity contribution in [2.24, 2.45) is 4.99 Å². The molecule has 7 nitrogen and oxygen atoms in total. The van der Waals surface area contributed by atoms with Crippen LogP contribution in [0.3, 0.4) is 0 Å². The van der Waals surface area contributed by atoms with E-state index in [0.29, 0.717) is 6.54 Å². The zero-order valence-electron chi connectivity index (χ0n) is 18.8. The van der Waals surface area contributed by atoms with Gasteiger partial charge in [-0.3, -0.25) is 0 Å². The number of guanidine groups is 1. The van der Waals surface area contributed by atoms with Gasteiger partial charge >= 0.3 is 0 Å². The van der Waals surface area contributed by atoms with Gasteiger partial charge in [-0.05, 0) is 61.7 Å². The fourth-order valence-electron chi connectivity index (χ4n) is 4.11. The van der Waals surface area contributed by atoms with E-state index in [1.165, 1.54) is 12.1 Å². The second-order valence-electron chi connectivity index (χ2n) is 8.18. The lowest BCUT2D eigenvalue weighted by atomic mass is 10.2. The molecule has 8 heteroatoms. The molecular formula is C24H33FN6O. The van der Waals surface area contributed by atoms with Crippen LogP contribution in [0.25, 0.3) is 0 Å². The molecule has 32 heavy (non-hydrogen) atoms. The summed E-state index contributed by atoms with van der Waals surface area (Å²) in [5, 5.41) is 6.70. The van der Waals surface area contributed by atoms with Crippen LogP contribution in [0.4, 0.5) is 15.9 Å². The van der Waals surface area contributed by atoms with Crippen LogP contribution in [0.2, 0.25) is 0 Å². The fourth-order valence-corrected chi connectivity index (χ4v) is 4.11. The molecule has 0 saturated carbocycles. The first-order chi connectivity index (χ1) is 15.7. The number of hydrogen-bond donors (Lipinski definition) is 2. The molecule has 2 saturated heterocycles. The minimum atomic E-state index is -0.199. The van der Waals surface area contributed by atoms with Gasteiger partial charge in [-0.2, -0.15) is 0 Å². The molecule has 1 atom stereocenters. The number of halogens is 1. The zero-order chi connectivity index (χ0) is 22.2. The lowest BCUT2D eigenvalue weighted by molar-refractivity contribution is 0.114. The molecular weight excluding hydrogens is 407 g/mol. The Morgan fingerprint density at radius 2 is 1.91 bits per heavy atom. The Morgan fingerprint density at radius 3 is 2.62 bits per heavy atom. The number of nitrogens with one attached hydrogen (secondary N) is 2. The molecule has 0 bridgehead atoms. The maximum Gasteiger partial charge on any atom is 0.191 e. The summed E-state index contributed by atoms with van der Waals surface area (Å²) in [5.41, 5.74) is 2.19. The van der Waals surface area contributed by atoms with Gasteiger partial charge in [0.2, 0.25) is 0 Å². The van der Waals surface area contributed by atoms with Gasteiger partial charge in [-0.25, -0.2) is 14.4 Å². The highest BCUT2D eigenvalue weighted by atomic mass is 19.1. The number of rotatable bonds is 7. The van der Waals surface area contributed by atoms with Crippen LogP contribution in [-0.4, -0.2) is 62.9 Å². The summed E-state index contributed by atoms with van der Waals surface area (Å²) < 4.78 is 18.9. The third kappa shape index (κ3) is 6.09. The molecule has 0 aliphatic carbocycles. The van der Waals surface area contributed by atoms with Gasteiger partial charge < -0.3 is 25.2 Å². The number of benzene rings is 1. The number of aliphatic imine (C=N–C) groups is 1. The maximum atomic E-state index is 13.2. The maximum absolute atomic E-state index is 13.2. The summed E-state index contributed by atoms with van der Waals surface area (Å²) in [7, 11) is 0. The molecule has 2 aromatic rings. The highest BCUT2D eigenvalue weighted by Crippen LogP contribution is 2.20. The molecule has 0 amide bonds. The van der Waals surface area contributed by atoms with Gasteiger partial charge in [0.1, 0.15) is 11.6 Å². The van der Waals surface area contributed by atoms with Crippen LogP contribution in [0.5, 0.6) is 0 Å². The molecule has 2 aliphatic rings. The van der Waals surface area contributed by atoms with Gasteiger partial charge in [-0.1, -0.05) is 0 Å². The van der Waals surface area contributed by atoms with Crippen molar-refractivity contribution in [1.82, 2.24) is 15.6 Å². The van der Waals surface area contributed by atoms with Crippen molar-refractivity contribution in [3.63, 3.8) is 0 Å². The minimum absolute atomic E-state index is 0.199. The van der Waals surface area contributed by atoms with E-state index in [-0.39, 0.29) is 11.9 Å². The number of pyridine rings is 1. The Labute approximate surface area is 189 Å². The number of anilines is 2. The Hall–Kier alpha value is -2.87. The summed E-state index contributed by atoms with van der Waals surface area (Å²) in [5.74, 6) is 1.60. The van der Waals surface area contributed by atoms with Crippen molar-refractivity contribution in [3.8, 4) is 0 Å². The molecule has 2 N–H and O–H groups in total. The normalized spacial score (nSPS) is 19.3. The Kier molecular flexibility index (Phi) is 7.77. The molecule has 172 valence electrons. The predicted octanol–water partition coefficient (Wildman–Crippen LogP) is 2.78. The van der Waals surface area contributed by atoms with Gasteiger partial charge in [0.25, 0.3) is 0 Å². The van der Waals surface area contributed by atoms with E-state index in [1.54, 1.807) is 0 Å².